The first-order valence-electron chi connectivity index (χ1n) is 9.81. The fraction of sp³-hybridized carbons (Fsp3) is 0.650. The van der Waals surface area contributed by atoms with Gasteiger partial charge < -0.3 is 15.3 Å². The molecule has 1 heterocycles. The van der Waals surface area contributed by atoms with Gasteiger partial charge >= 0.3 is 5.97 Å². The molecule has 2 N–H and O–H groups in total. The zero-order valence-electron chi connectivity index (χ0n) is 15.8. The molecule has 1 aromatic carbocycles. The molecule has 1 unspecified atom stereocenters. The van der Waals surface area contributed by atoms with Crippen molar-refractivity contribution in [1.29, 1.82) is 0 Å². The Morgan fingerprint density at radius 2 is 1.92 bits per heavy atom. The summed E-state index contributed by atoms with van der Waals surface area (Å²) in [5.74, 6) is -0.0548. The molecule has 5 heteroatoms. The van der Waals surface area contributed by atoms with E-state index in [4.69, 9.17) is 0 Å². The Morgan fingerprint density at radius 3 is 2.48 bits per heavy atom. The van der Waals surface area contributed by atoms with E-state index in [-0.39, 0.29) is 0 Å². The molecule has 2 rings (SSSR count). The van der Waals surface area contributed by atoms with Crippen LogP contribution < -0.4 is 5.32 Å². The molecule has 0 amide bonds. The van der Waals surface area contributed by atoms with Crippen molar-refractivity contribution < 1.29 is 9.90 Å². The third-order valence-corrected chi connectivity index (χ3v) is 5.81. The van der Waals surface area contributed by atoms with Gasteiger partial charge in [0.1, 0.15) is 13.4 Å². The molecule has 0 bridgehead atoms. The van der Waals surface area contributed by atoms with Crippen LogP contribution >= 0.6 is 0 Å². The molecule has 138 valence electrons. The van der Waals surface area contributed by atoms with E-state index < -0.39 is 11.5 Å². The third kappa shape index (κ3) is 5.58. The van der Waals surface area contributed by atoms with Gasteiger partial charge in [0.25, 0.3) is 0 Å². The number of hydrogen-bond acceptors (Lipinski definition) is 3. The first kappa shape index (κ1) is 20.0. The molecule has 0 aliphatic carbocycles. The number of hydrogen-bond donors (Lipinski definition) is 2. The molecule has 0 aromatic heterocycles. The number of nitrogens with zero attached hydrogens (tertiary/aromatic N) is 1. The SMILES string of the molecule is BCCCCC(CCN1CCC(c2ccccc2)CC1)(NC)C(=O)O. The maximum absolute atomic E-state index is 11.9. The highest BCUT2D eigenvalue weighted by Gasteiger charge is 2.36. The number of unbranched alkanes of at least 4 members (excludes halogenated alkanes) is 1. The molecule has 4 nitrogen and oxygen atoms in total. The monoisotopic (exact) mass is 344 g/mol. The Kier molecular flexibility index (Phi) is 7.98. The van der Waals surface area contributed by atoms with E-state index in [0.29, 0.717) is 18.8 Å². The van der Waals surface area contributed by atoms with Gasteiger partial charge in [-0.1, -0.05) is 49.5 Å². The first-order valence-corrected chi connectivity index (χ1v) is 9.81. The Morgan fingerprint density at radius 1 is 1.24 bits per heavy atom. The highest BCUT2D eigenvalue weighted by molar-refractivity contribution is 6.08. The summed E-state index contributed by atoms with van der Waals surface area (Å²) in [6, 6.07) is 10.8. The van der Waals surface area contributed by atoms with E-state index in [2.05, 4.69) is 48.4 Å². The maximum atomic E-state index is 11.9. The fourth-order valence-corrected chi connectivity index (χ4v) is 3.94. The van der Waals surface area contributed by atoms with E-state index in [0.717, 1.165) is 38.8 Å². The number of carboxylic acid groups (broad SMARTS) is 1. The minimum atomic E-state index is -0.772. The molecule has 0 radical (unpaired) electrons. The second-order valence-corrected chi connectivity index (χ2v) is 7.37. The van der Waals surface area contributed by atoms with Crippen LogP contribution in [0.1, 0.15) is 50.0 Å². The standard InChI is InChI=1S/C20H33BN2O2/c1-22-20(19(24)25,11-5-6-13-21)12-16-23-14-9-18(10-15-23)17-7-3-2-4-8-17/h2-4,7-8,18,22H,5-6,9-16,21H2,1H3,(H,24,25). The molecule has 1 saturated heterocycles. The van der Waals surface area contributed by atoms with E-state index in [1.54, 1.807) is 7.05 Å². The van der Waals surface area contributed by atoms with Crippen molar-refractivity contribution in [2.45, 2.75) is 56.3 Å². The van der Waals surface area contributed by atoms with Crippen molar-refractivity contribution in [1.82, 2.24) is 10.2 Å². The highest BCUT2D eigenvalue weighted by Crippen LogP contribution is 2.28. The Balaban J connectivity index is 1.84. The summed E-state index contributed by atoms with van der Waals surface area (Å²) in [5.41, 5.74) is 0.669. The summed E-state index contributed by atoms with van der Waals surface area (Å²) < 4.78 is 0. The fourth-order valence-electron chi connectivity index (χ4n) is 3.94. The van der Waals surface area contributed by atoms with Gasteiger partial charge in [-0.3, -0.25) is 4.79 Å². The predicted molar refractivity (Wildman–Crippen MR) is 106 cm³/mol. The predicted octanol–water partition coefficient (Wildman–Crippen LogP) is 2.52. The summed E-state index contributed by atoms with van der Waals surface area (Å²) in [5, 5.41) is 12.9. The van der Waals surface area contributed by atoms with E-state index in [1.165, 1.54) is 18.4 Å². The average molecular weight is 344 g/mol. The van der Waals surface area contributed by atoms with Crippen LogP contribution in [0.4, 0.5) is 0 Å². The van der Waals surface area contributed by atoms with Crippen LogP contribution in [-0.4, -0.2) is 56.0 Å². The quantitative estimate of drug-likeness (QED) is 0.506. The number of aliphatic carboxylic acids is 1. The molecular formula is C20H33BN2O2. The number of carbonyl (C=O) groups is 1. The third-order valence-electron chi connectivity index (χ3n) is 5.81. The second-order valence-electron chi connectivity index (χ2n) is 7.37. The number of piperidine rings is 1. The molecular weight excluding hydrogens is 311 g/mol. The van der Waals surface area contributed by atoms with Crippen molar-refractivity contribution >= 4 is 13.8 Å². The zero-order valence-corrected chi connectivity index (χ0v) is 15.8. The van der Waals surface area contributed by atoms with Crippen LogP contribution in [0, 0.1) is 0 Å². The number of nitrogens with one attached hydrogen (secondary N) is 1. The minimum Gasteiger partial charge on any atom is -0.480 e. The lowest BCUT2D eigenvalue weighted by molar-refractivity contribution is -0.145. The van der Waals surface area contributed by atoms with Crippen LogP contribution in [0.2, 0.25) is 6.32 Å². The normalized spacial score (nSPS) is 18.8. The molecule has 1 fully saturated rings. The van der Waals surface area contributed by atoms with Gasteiger partial charge in [-0.25, -0.2) is 0 Å². The van der Waals surface area contributed by atoms with E-state index >= 15 is 0 Å². The molecule has 0 spiro atoms. The second kappa shape index (κ2) is 9.98. The summed E-state index contributed by atoms with van der Waals surface area (Å²) in [6.45, 7) is 2.99. The topological polar surface area (TPSA) is 52.6 Å². The lowest BCUT2D eigenvalue weighted by atomic mass is 9.86. The summed E-state index contributed by atoms with van der Waals surface area (Å²) in [7, 11) is 3.94. The summed E-state index contributed by atoms with van der Waals surface area (Å²) in [6.07, 6.45) is 6.91. The van der Waals surface area contributed by atoms with Gasteiger partial charge in [0.2, 0.25) is 0 Å². The van der Waals surface area contributed by atoms with Crippen LogP contribution in [0.15, 0.2) is 30.3 Å². The van der Waals surface area contributed by atoms with Crippen molar-refractivity contribution in [2.24, 2.45) is 0 Å². The number of likely N-dealkylation sites (N-methyl/N-ethyl adjacent to an activating group) is 1. The van der Waals surface area contributed by atoms with Gasteiger partial charge in [0.05, 0.1) is 0 Å². The van der Waals surface area contributed by atoms with Crippen LogP contribution in [-0.2, 0) is 4.79 Å². The van der Waals surface area contributed by atoms with E-state index in [9.17, 15) is 9.90 Å². The largest absolute Gasteiger partial charge is 0.480 e. The smallest absolute Gasteiger partial charge is 0.323 e. The van der Waals surface area contributed by atoms with Gasteiger partial charge in [0, 0.05) is 6.54 Å². The zero-order chi connectivity index (χ0) is 18.1. The van der Waals surface area contributed by atoms with Gasteiger partial charge in [-0.2, -0.15) is 0 Å². The van der Waals surface area contributed by atoms with Crippen LogP contribution in [0.25, 0.3) is 0 Å². The molecule has 25 heavy (non-hydrogen) atoms. The molecule has 1 aliphatic heterocycles. The first-order chi connectivity index (χ1) is 12.1. The minimum absolute atomic E-state index is 0.649. The lowest BCUT2D eigenvalue weighted by Gasteiger charge is -2.36. The number of likely N-dealkylation sites (tertiary alicyclic amines) is 1. The molecule has 1 atom stereocenters. The van der Waals surface area contributed by atoms with Crippen LogP contribution in [0.5, 0.6) is 0 Å². The number of benzene rings is 1. The maximum Gasteiger partial charge on any atom is 0.323 e. The Bertz CT molecular complexity index is 518. The number of rotatable bonds is 10. The van der Waals surface area contributed by atoms with E-state index in [1.807, 2.05) is 0 Å². The average Bonchev–Trinajstić information content (AvgIpc) is 2.65. The van der Waals surface area contributed by atoms with Gasteiger partial charge in [-0.15, -0.1) is 0 Å². The van der Waals surface area contributed by atoms with Gasteiger partial charge in [0.15, 0.2) is 0 Å². The Labute approximate surface area is 153 Å². The molecule has 1 aliphatic rings. The highest BCUT2D eigenvalue weighted by atomic mass is 16.4. The summed E-state index contributed by atoms with van der Waals surface area (Å²) in [4.78, 5) is 14.3. The van der Waals surface area contributed by atoms with Crippen LogP contribution in [0.3, 0.4) is 0 Å². The number of carboxylic acids is 1. The van der Waals surface area contributed by atoms with Gasteiger partial charge in [-0.05, 0) is 57.3 Å². The van der Waals surface area contributed by atoms with Crippen molar-refractivity contribution in [3.63, 3.8) is 0 Å². The van der Waals surface area contributed by atoms with Crippen molar-refractivity contribution in [3.8, 4) is 0 Å². The summed E-state index contributed by atoms with van der Waals surface area (Å²) >= 11 is 0. The lowest BCUT2D eigenvalue weighted by Crippen LogP contribution is -2.52. The molecule has 0 saturated carbocycles. The molecule has 1 aromatic rings. The van der Waals surface area contributed by atoms with Crippen molar-refractivity contribution in [2.75, 3.05) is 26.7 Å². The Hall–Kier alpha value is -1.33. The van der Waals surface area contributed by atoms with Crippen molar-refractivity contribution in [3.05, 3.63) is 35.9 Å².